The van der Waals surface area contributed by atoms with Gasteiger partial charge >= 0.3 is 0 Å². The van der Waals surface area contributed by atoms with Crippen molar-refractivity contribution in [3.8, 4) is 0 Å². The summed E-state index contributed by atoms with van der Waals surface area (Å²) in [6.07, 6.45) is 2.71. The molecule has 29 heavy (non-hydrogen) atoms. The Bertz CT molecular complexity index is 1180. The Labute approximate surface area is 169 Å². The highest BCUT2D eigenvalue weighted by molar-refractivity contribution is 7.95. The molecule has 2 unspecified atom stereocenters. The number of benzene rings is 1. The molecule has 1 saturated heterocycles. The van der Waals surface area contributed by atoms with Gasteiger partial charge < -0.3 is 0 Å². The van der Waals surface area contributed by atoms with Crippen molar-refractivity contribution in [2.24, 2.45) is 0 Å². The first-order valence-electron chi connectivity index (χ1n) is 8.59. The van der Waals surface area contributed by atoms with Crippen molar-refractivity contribution in [1.82, 2.24) is 9.71 Å². The molecule has 0 radical (unpaired) electrons. The second-order valence-corrected chi connectivity index (χ2v) is 13.1. The van der Waals surface area contributed by atoms with Crippen LogP contribution in [-0.4, -0.2) is 53.5 Å². The van der Waals surface area contributed by atoms with Crippen LogP contribution in [0.25, 0.3) is 0 Å². The number of hydrogen-bond donors (Lipinski definition) is 1. The minimum absolute atomic E-state index is 0.0417. The summed E-state index contributed by atoms with van der Waals surface area (Å²) in [4.78, 5) is 3.72. The monoisotopic (exact) mass is 462 g/mol. The fourth-order valence-corrected chi connectivity index (χ4v) is 8.92. The first kappa shape index (κ1) is 21.8. The fraction of sp³-hybridized carbons (Fsp3) is 0.353. The van der Waals surface area contributed by atoms with Crippen molar-refractivity contribution in [3.63, 3.8) is 0 Å². The van der Waals surface area contributed by atoms with Crippen molar-refractivity contribution >= 4 is 29.7 Å². The predicted molar refractivity (Wildman–Crippen MR) is 105 cm³/mol. The van der Waals surface area contributed by atoms with E-state index in [1.807, 2.05) is 0 Å². The average Bonchev–Trinajstić information content (AvgIpc) is 3.03. The van der Waals surface area contributed by atoms with Crippen LogP contribution in [-0.2, 0) is 29.7 Å². The molecule has 1 aliphatic rings. The highest BCUT2D eigenvalue weighted by Gasteiger charge is 2.38. The van der Waals surface area contributed by atoms with Gasteiger partial charge in [-0.25, -0.2) is 34.4 Å². The summed E-state index contributed by atoms with van der Waals surface area (Å²) in [7, 11) is -11.6. The zero-order chi connectivity index (χ0) is 21.3. The number of hydrogen-bond acceptors (Lipinski definition) is 7. The maximum Gasteiger partial charge on any atom is 0.215 e. The number of sulfonamides is 1. The van der Waals surface area contributed by atoms with E-state index in [4.69, 9.17) is 0 Å². The Balaban J connectivity index is 1.90. The Kier molecular flexibility index (Phi) is 6.08. The van der Waals surface area contributed by atoms with Crippen LogP contribution in [0, 0.1) is 5.82 Å². The van der Waals surface area contributed by atoms with Gasteiger partial charge in [0.2, 0.25) is 10.0 Å². The number of sulfone groups is 2. The summed E-state index contributed by atoms with van der Waals surface area (Å²) in [6, 6.07) is 7.22. The van der Waals surface area contributed by atoms with E-state index in [1.165, 1.54) is 24.5 Å². The van der Waals surface area contributed by atoms with E-state index < -0.39 is 58.3 Å². The minimum Gasteiger partial charge on any atom is -0.264 e. The van der Waals surface area contributed by atoms with Crippen LogP contribution in [0.2, 0.25) is 0 Å². The summed E-state index contributed by atoms with van der Waals surface area (Å²) < 4.78 is 89.9. The molecule has 12 heteroatoms. The quantitative estimate of drug-likeness (QED) is 0.604. The van der Waals surface area contributed by atoms with Gasteiger partial charge in [-0.15, -0.1) is 0 Å². The van der Waals surface area contributed by atoms with E-state index in [-0.39, 0.29) is 22.6 Å². The second kappa shape index (κ2) is 8.09. The van der Waals surface area contributed by atoms with Gasteiger partial charge in [-0.2, -0.15) is 0 Å². The highest BCUT2D eigenvalue weighted by Crippen LogP contribution is 2.29. The number of pyridine rings is 1. The standard InChI is InChI=1S/C17H19FN2O6S3/c18-14-3-5-15(6-4-14)28(23,24)17(13-2-1-8-19-10-13)11-20-29(25,26)16-7-9-27(21,22)12-16/h1-6,8,10,16-17,20H,7,9,11-12H2. The van der Waals surface area contributed by atoms with E-state index in [9.17, 15) is 29.6 Å². The number of rotatable bonds is 7. The number of aromatic nitrogens is 1. The lowest BCUT2D eigenvalue weighted by molar-refractivity contribution is 0.559. The van der Waals surface area contributed by atoms with Crippen LogP contribution in [0.15, 0.2) is 53.7 Å². The van der Waals surface area contributed by atoms with Gasteiger partial charge in [0.05, 0.1) is 21.7 Å². The van der Waals surface area contributed by atoms with Crippen molar-refractivity contribution in [1.29, 1.82) is 0 Å². The smallest absolute Gasteiger partial charge is 0.215 e. The number of nitrogens with one attached hydrogen (secondary N) is 1. The van der Waals surface area contributed by atoms with Crippen molar-refractivity contribution in [3.05, 3.63) is 60.2 Å². The van der Waals surface area contributed by atoms with Gasteiger partial charge in [0.15, 0.2) is 19.7 Å². The molecule has 8 nitrogen and oxygen atoms in total. The lowest BCUT2D eigenvalue weighted by atomic mass is 10.2. The lowest BCUT2D eigenvalue weighted by Gasteiger charge is -2.20. The second-order valence-electron chi connectivity index (χ2n) is 6.69. The summed E-state index contributed by atoms with van der Waals surface area (Å²) in [5, 5.41) is -2.45. The van der Waals surface area contributed by atoms with Crippen molar-refractivity contribution < 1.29 is 29.6 Å². The van der Waals surface area contributed by atoms with E-state index in [2.05, 4.69) is 9.71 Å². The molecular formula is C17H19FN2O6S3. The lowest BCUT2D eigenvalue weighted by Crippen LogP contribution is -2.38. The van der Waals surface area contributed by atoms with E-state index in [0.717, 1.165) is 24.3 Å². The molecule has 2 aromatic rings. The fourth-order valence-electron chi connectivity index (χ4n) is 3.08. The molecule has 1 aliphatic heterocycles. The molecule has 158 valence electrons. The number of nitrogens with zero attached hydrogens (tertiary/aromatic N) is 1. The Morgan fingerprint density at radius 3 is 2.38 bits per heavy atom. The molecule has 1 fully saturated rings. The van der Waals surface area contributed by atoms with Gasteiger partial charge in [0.1, 0.15) is 11.1 Å². The first-order chi connectivity index (χ1) is 13.5. The summed E-state index contributed by atoms with van der Waals surface area (Å²) in [5.74, 6) is -1.33. The Morgan fingerprint density at radius 1 is 1.14 bits per heavy atom. The summed E-state index contributed by atoms with van der Waals surface area (Å²) in [6.45, 7) is -0.510. The topological polar surface area (TPSA) is 127 Å². The third-order valence-corrected chi connectivity index (χ3v) is 10.6. The molecule has 0 bridgehead atoms. The molecule has 0 saturated carbocycles. The predicted octanol–water partition coefficient (Wildman–Crippen LogP) is 0.842. The van der Waals surface area contributed by atoms with Crippen molar-refractivity contribution in [2.45, 2.75) is 21.8 Å². The number of halogens is 1. The van der Waals surface area contributed by atoms with Crippen LogP contribution in [0.3, 0.4) is 0 Å². The molecule has 2 heterocycles. The average molecular weight is 463 g/mol. The van der Waals surface area contributed by atoms with Crippen LogP contribution in [0.1, 0.15) is 17.2 Å². The van der Waals surface area contributed by atoms with Crippen LogP contribution in [0.5, 0.6) is 0 Å². The van der Waals surface area contributed by atoms with Gasteiger partial charge in [0, 0.05) is 18.9 Å². The van der Waals surface area contributed by atoms with Gasteiger partial charge in [-0.05, 0) is 42.3 Å². The molecular weight excluding hydrogens is 443 g/mol. The van der Waals surface area contributed by atoms with E-state index in [0.29, 0.717) is 0 Å². The molecule has 0 aliphatic carbocycles. The molecule has 1 N–H and O–H groups in total. The molecule has 0 spiro atoms. The molecule has 0 amide bonds. The van der Waals surface area contributed by atoms with Gasteiger partial charge in [0.25, 0.3) is 0 Å². The van der Waals surface area contributed by atoms with Crippen LogP contribution in [0.4, 0.5) is 4.39 Å². The molecule has 2 atom stereocenters. The minimum atomic E-state index is -4.09. The molecule has 1 aromatic carbocycles. The Morgan fingerprint density at radius 2 is 1.83 bits per heavy atom. The maximum absolute atomic E-state index is 13.2. The molecule has 1 aromatic heterocycles. The summed E-state index contributed by atoms with van der Waals surface area (Å²) in [5.41, 5.74) is 0.249. The highest BCUT2D eigenvalue weighted by atomic mass is 32.2. The Hall–Kier alpha value is -1.89. The first-order valence-corrected chi connectivity index (χ1v) is 13.5. The third kappa shape index (κ3) is 5.00. The van der Waals surface area contributed by atoms with Gasteiger partial charge in [-0.1, -0.05) is 6.07 Å². The zero-order valence-corrected chi connectivity index (χ0v) is 17.6. The SMILES string of the molecule is O=S1(=O)CCC(S(=O)(=O)NCC(c2cccnc2)S(=O)(=O)c2ccc(F)cc2)C1. The largest absolute Gasteiger partial charge is 0.264 e. The third-order valence-electron chi connectivity index (χ3n) is 4.67. The summed E-state index contributed by atoms with van der Waals surface area (Å²) >= 11 is 0. The molecule has 3 rings (SSSR count). The zero-order valence-electron chi connectivity index (χ0n) is 15.1. The van der Waals surface area contributed by atoms with E-state index >= 15 is 0 Å². The normalized spacial score (nSPS) is 20.4. The van der Waals surface area contributed by atoms with E-state index in [1.54, 1.807) is 0 Å². The maximum atomic E-state index is 13.2. The van der Waals surface area contributed by atoms with Crippen LogP contribution < -0.4 is 4.72 Å². The van der Waals surface area contributed by atoms with Gasteiger partial charge in [-0.3, -0.25) is 4.98 Å². The van der Waals surface area contributed by atoms with Crippen LogP contribution >= 0.6 is 0 Å². The van der Waals surface area contributed by atoms with Crippen molar-refractivity contribution in [2.75, 3.05) is 18.1 Å².